The summed E-state index contributed by atoms with van der Waals surface area (Å²) in [5.41, 5.74) is 0. The molecule has 1 rings (SSSR count). The predicted octanol–water partition coefficient (Wildman–Crippen LogP) is -3.12. The molecule has 10 heteroatoms. The van der Waals surface area contributed by atoms with Crippen LogP contribution in [-0.4, -0.2) is 43.6 Å². The van der Waals surface area contributed by atoms with Crippen LogP contribution in [0.5, 0.6) is 5.75 Å². The maximum absolute atomic E-state index is 9.14. The van der Waals surface area contributed by atoms with Crippen LogP contribution in [0.25, 0.3) is 0 Å². The summed E-state index contributed by atoms with van der Waals surface area (Å²) in [5, 5.41) is 26.4. The van der Waals surface area contributed by atoms with Crippen molar-refractivity contribution in [2.45, 2.75) is 7.43 Å². The van der Waals surface area contributed by atoms with E-state index in [0.29, 0.717) is 5.75 Å². The number of benzene rings is 1. The van der Waals surface area contributed by atoms with Crippen molar-refractivity contribution in [1.82, 2.24) is 0 Å². The van der Waals surface area contributed by atoms with Gasteiger partial charge in [-0.05, 0) is 22.2 Å². The fourth-order valence-corrected chi connectivity index (χ4v) is 0.563. The van der Waals surface area contributed by atoms with E-state index in [1.807, 2.05) is 0 Å². The van der Waals surface area contributed by atoms with E-state index in [1.54, 1.807) is 30.3 Å². The van der Waals surface area contributed by atoms with E-state index in [1.165, 1.54) is 43.6 Å². The molecular weight excluding hydrogens is 265 g/mol. The van der Waals surface area contributed by atoms with Crippen molar-refractivity contribution in [2.75, 3.05) is 0 Å². The van der Waals surface area contributed by atoms with Gasteiger partial charge in [0.2, 0.25) is 0 Å². The topological polar surface area (TPSA) is 78.4 Å². The van der Waals surface area contributed by atoms with Gasteiger partial charge in [-0.3, -0.25) is 5.04 Å². The average Bonchev–Trinajstić information content (AvgIpc) is 2.33. The van der Waals surface area contributed by atoms with Crippen LogP contribution in [0, 0.1) is 0 Å². The minimum Gasteiger partial charge on any atom is -0.689 e. The number of para-hydroxylation sites is 1. The SMILES string of the molecule is C.[Na+].[Na][Na].[O-]OOOOOOc1ccccc1. The fraction of sp³-hybridized carbons (Fsp3) is 0.143. The summed E-state index contributed by atoms with van der Waals surface area (Å²) < 4.78 is 0. The predicted molar refractivity (Wildman–Crippen MR) is 50.7 cm³/mol. The Labute approximate surface area is 150 Å². The first-order valence-electron chi connectivity index (χ1n) is 4.11. The average molecular weight is 274 g/mol. The summed E-state index contributed by atoms with van der Waals surface area (Å²) in [4.78, 5) is 4.47. The second-order valence-electron chi connectivity index (χ2n) is 1.74. The van der Waals surface area contributed by atoms with Gasteiger partial charge in [-0.1, -0.05) is 25.6 Å². The second-order valence-corrected chi connectivity index (χ2v) is 1.74. The van der Waals surface area contributed by atoms with Gasteiger partial charge in [-0.15, -0.1) is 0 Å². The zero-order valence-corrected chi connectivity index (χ0v) is 15.2. The molecule has 0 aromatic heterocycles. The molecular formula is C7H9Na3O7. The normalized spacial score (nSPS) is 8.06. The largest absolute Gasteiger partial charge is 0.689 e. The zero-order valence-electron chi connectivity index (χ0n) is 9.24. The van der Waals surface area contributed by atoms with Crippen molar-refractivity contribution in [3.05, 3.63) is 30.3 Å². The van der Waals surface area contributed by atoms with Gasteiger partial charge in [0.25, 0.3) is 0 Å². The van der Waals surface area contributed by atoms with Crippen LogP contribution >= 0.6 is 0 Å². The smallest absolute Gasteiger partial charge is 0.168 e. The van der Waals surface area contributed by atoms with Gasteiger partial charge in [0.05, 0.1) is 0 Å². The molecule has 0 amide bonds. The van der Waals surface area contributed by atoms with Crippen molar-refractivity contribution >= 4 is 43.6 Å². The van der Waals surface area contributed by atoms with Crippen molar-refractivity contribution in [3.8, 4) is 5.75 Å². The van der Waals surface area contributed by atoms with Crippen LogP contribution in [-0.2, 0) is 25.2 Å². The Morgan fingerprint density at radius 1 is 0.882 bits per heavy atom. The minimum absolute atomic E-state index is 0. The molecule has 1 aromatic carbocycles. The van der Waals surface area contributed by atoms with Crippen molar-refractivity contribution < 1.29 is 64.9 Å². The molecule has 0 N–H and O–H groups in total. The van der Waals surface area contributed by atoms with Crippen LogP contribution in [0.1, 0.15) is 7.43 Å². The van der Waals surface area contributed by atoms with E-state index in [0.717, 1.165) is 0 Å². The molecule has 0 aliphatic carbocycles. The molecule has 0 heterocycles. The maximum atomic E-state index is 9.14. The third-order valence-electron chi connectivity index (χ3n) is 0.985. The molecule has 0 saturated heterocycles. The summed E-state index contributed by atoms with van der Waals surface area (Å²) in [6, 6.07) is 8.44. The Balaban J connectivity index is -0.000000464. The summed E-state index contributed by atoms with van der Waals surface area (Å²) in [7, 11) is 0. The van der Waals surface area contributed by atoms with E-state index in [-0.39, 0.29) is 37.0 Å². The number of hydrogen-bond acceptors (Lipinski definition) is 7. The second kappa shape index (κ2) is 20.1. The Kier molecular flexibility index (Phi) is 28.2. The van der Waals surface area contributed by atoms with E-state index in [9.17, 15) is 0 Å². The van der Waals surface area contributed by atoms with E-state index < -0.39 is 0 Å². The molecule has 0 spiro atoms. The van der Waals surface area contributed by atoms with Crippen molar-refractivity contribution in [2.24, 2.45) is 0 Å². The third-order valence-corrected chi connectivity index (χ3v) is 0.985. The monoisotopic (exact) mass is 274 g/mol. The van der Waals surface area contributed by atoms with E-state index in [4.69, 9.17) is 5.26 Å². The number of rotatable bonds is 6. The van der Waals surface area contributed by atoms with Crippen LogP contribution in [0.3, 0.4) is 0 Å². The fourth-order valence-electron chi connectivity index (χ4n) is 0.563. The molecule has 0 aliphatic rings. The van der Waals surface area contributed by atoms with E-state index >= 15 is 0 Å². The standard InChI is InChI=1S/C6H6O7.CH4.3Na/c7-9-11-13-12-10-8-6-4-2-1-3-5-6;;;;/h1-5,7H;1H4;;;/q;;;;+1/p-1. The molecule has 0 bridgehead atoms. The molecule has 0 fully saturated rings. The van der Waals surface area contributed by atoms with Crippen LogP contribution in [0.2, 0.25) is 0 Å². The molecule has 17 heavy (non-hydrogen) atoms. The van der Waals surface area contributed by atoms with Gasteiger partial charge in [0.15, 0.2) is 5.75 Å². The molecule has 7 nitrogen and oxygen atoms in total. The van der Waals surface area contributed by atoms with Gasteiger partial charge in [0.1, 0.15) is 0 Å². The van der Waals surface area contributed by atoms with Crippen LogP contribution < -0.4 is 39.7 Å². The molecule has 0 radical (unpaired) electrons. The number of hydrogen-bond donors (Lipinski definition) is 0. The minimum atomic E-state index is 0. The third kappa shape index (κ3) is 15.7. The van der Waals surface area contributed by atoms with Crippen molar-refractivity contribution in [1.29, 1.82) is 0 Å². The molecule has 0 atom stereocenters. The summed E-state index contributed by atoms with van der Waals surface area (Å²) >= 11 is 2.89. The zero-order chi connectivity index (χ0) is 11.4. The Morgan fingerprint density at radius 2 is 1.41 bits per heavy atom. The van der Waals surface area contributed by atoms with Gasteiger partial charge >= 0.3 is 73.2 Å². The molecule has 1 aromatic rings. The summed E-state index contributed by atoms with van der Waals surface area (Å²) in [5.74, 6) is 0.383. The summed E-state index contributed by atoms with van der Waals surface area (Å²) in [6.45, 7) is 0. The van der Waals surface area contributed by atoms with Gasteiger partial charge in [0, 0.05) is 10.1 Å². The first-order valence-corrected chi connectivity index (χ1v) is 12.1. The summed E-state index contributed by atoms with van der Waals surface area (Å²) in [6.07, 6.45) is 0. The molecule has 0 unspecified atom stereocenters. The Bertz CT molecular complexity index is 226. The Morgan fingerprint density at radius 3 is 1.94 bits per heavy atom. The van der Waals surface area contributed by atoms with Crippen LogP contribution in [0.4, 0.5) is 0 Å². The Hall–Kier alpha value is 1.78. The quantitative estimate of drug-likeness (QED) is 0.235. The molecule has 0 aliphatic heterocycles. The molecule has 82 valence electrons. The van der Waals surface area contributed by atoms with Crippen molar-refractivity contribution in [3.63, 3.8) is 0 Å². The van der Waals surface area contributed by atoms with Gasteiger partial charge in [-0.25, -0.2) is 0 Å². The maximum Gasteiger partial charge on any atom is 0.168 e. The first-order chi connectivity index (χ1) is 7.43. The first kappa shape index (κ1) is 23.8. The molecule has 0 saturated carbocycles. The van der Waals surface area contributed by atoms with Crippen LogP contribution in [0.15, 0.2) is 30.3 Å². The van der Waals surface area contributed by atoms with Gasteiger partial charge < -0.3 is 10.1 Å². The van der Waals surface area contributed by atoms with E-state index in [2.05, 4.69) is 30.1 Å². The van der Waals surface area contributed by atoms with Gasteiger partial charge in [-0.2, -0.15) is 0 Å².